The first-order valence-corrected chi connectivity index (χ1v) is 12.6. The molecule has 1 aromatic carbocycles. The van der Waals surface area contributed by atoms with Gasteiger partial charge >= 0.3 is 43.7 Å². The molecule has 1 atom stereocenters. The van der Waals surface area contributed by atoms with Crippen molar-refractivity contribution >= 4 is 66.3 Å². The number of nitrogens with one attached hydrogen (secondary N) is 2. The van der Waals surface area contributed by atoms with Crippen LogP contribution in [-0.4, -0.2) is 71.5 Å². The van der Waals surface area contributed by atoms with Gasteiger partial charge in [-0.3, -0.25) is 9.59 Å². The fourth-order valence-electron chi connectivity index (χ4n) is 4.14. The minimum atomic E-state index is -1.04. The van der Waals surface area contributed by atoms with E-state index in [0.717, 1.165) is 61.4 Å². The molecule has 1 amide bonds. The van der Waals surface area contributed by atoms with Crippen molar-refractivity contribution in [1.29, 1.82) is 0 Å². The number of benzene rings is 1. The number of aliphatic carboxylic acids is 1. The number of aromatic amines is 1. The van der Waals surface area contributed by atoms with E-state index in [1.807, 2.05) is 18.2 Å². The normalized spacial score (nSPS) is 11.7. The molecule has 1 heterocycles. The van der Waals surface area contributed by atoms with Crippen molar-refractivity contribution < 1.29 is 19.5 Å². The molecule has 2 rings (SSSR count). The molecular weight excluding hydrogens is 456 g/mol. The molecule has 6 nitrogen and oxygen atoms in total. The first kappa shape index (κ1) is 30.7. The van der Waals surface area contributed by atoms with Crippen molar-refractivity contribution in [3.8, 4) is 0 Å². The quantitative estimate of drug-likeness (QED) is 0.157. The number of fused-ring (bicyclic) bond motifs is 1. The number of carbonyl (C=O) groups is 3. The molecule has 7 heteroatoms. The van der Waals surface area contributed by atoms with Gasteiger partial charge in [0.2, 0.25) is 5.91 Å². The first-order chi connectivity index (χ1) is 16.0. The maximum absolute atomic E-state index is 12.5. The summed E-state index contributed by atoms with van der Waals surface area (Å²) in [5.74, 6) is -1.12. The number of ketones is 1. The van der Waals surface area contributed by atoms with Crippen LogP contribution in [0.3, 0.4) is 0 Å². The number of amides is 1. The second kappa shape index (κ2) is 17.1. The first-order valence-electron chi connectivity index (χ1n) is 12.6. The van der Waals surface area contributed by atoms with Crippen LogP contribution in [0.5, 0.6) is 0 Å². The summed E-state index contributed by atoms with van der Waals surface area (Å²) in [7, 11) is 0. The third-order valence-electron chi connectivity index (χ3n) is 6.16. The Kier molecular flexibility index (Phi) is 15.4. The Labute approximate surface area is 233 Å². The number of hydrogen-bond donors (Lipinski definition) is 3. The number of H-pyrrole nitrogens is 1. The van der Waals surface area contributed by atoms with Gasteiger partial charge in [-0.05, 0) is 24.5 Å². The third kappa shape index (κ3) is 10.5. The van der Waals surface area contributed by atoms with Gasteiger partial charge < -0.3 is 15.4 Å². The maximum atomic E-state index is 12.5. The zero-order valence-electron chi connectivity index (χ0n) is 20.3. The Bertz CT molecular complexity index is 909. The van der Waals surface area contributed by atoms with Crippen molar-refractivity contribution in [2.24, 2.45) is 0 Å². The van der Waals surface area contributed by atoms with E-state index in [0.29, 0.717) is 18.4 Å². The van der Waals surface area contributed by atoms with Gasteiger partial charge in [0.1, 0.15) is 6.04 Å². The Morgan fingerprint density at radius 1 is 0.912 bits per heavy atom. The number of carboxylic acid groups (broad SMARTS) is 1. The summed E-state index contributed by atoms with van der Waals surface area (Å²) in [6, 6.07) is 4.56. The average molecular weight is 499 g/mol. The predicted octanol–water partition coefficient (Wildman–Crippen LogP) is 5.27. The molecule has 0 saturated heterocycles. The van der Waals surface area contributed by atoms with Crippen molar-refractivity contribution in [2.45, 2.75) is 103 Å². The molecule has 34 heavy (non-hydrogen) atoms. The molecule has 0 bridgehead atoms. The molecular formula is C27H42CaN2O4. The molecule has 0 spiro atoms. The fourth-order valence-corrected chi connectivity index (χ4v) is 4.14. The van der Waals surface area contributed by atoms with E-state index >= 15 is 0 Å². The van der Waals surface area contributed by atoms with Crippen LogP contribution in [0.4, 0.5) is 0 Å². The van der Waals surface area contributed by atoms with Crippen molar-refractivity contribution in [3.63, 3.8) is 0 Å². The second-order valence-electron chi connectivity index (χ2n) is 8.99. The summed E-state index contributed by atoms with van der Waals surface area (Å²) in [4.78, 5) is 39.7. The van der Waals surface area contributed by atoms with Crippen LogP contribution in [0, 0.1) is 0 Å². The van der Waals surface area contributed by atoms with Crippen LogP contribution in [0.2, 0.25) is 0 Å². The van der Waals surface area contributed by atoms with E-state index in [-0.39, 0.29) is 55.8 Å². The van der Waals surface area contributed by atoms with Crippen molar-refractivity contribution in [2.75, 3.05) is 0 Å². The number of carboxylic acids is 1. The van der Waals surface area contributed by atoms with Crippen LogP contribution in [0.1, 0.15) is 107 Å². The summed E-state index contributed by atoms with van der Waals surface area (Å²) in [5, 5.41) is 13.2. The standard InChI is InChI=1S/C27H40N2O4.Ca.2H/c1-3-5-7-9-11-13-25(30)20-15-16-22-21(19-28-23(22)17-20)18-24(27(32)33)29-26(31)14-12-10-8-6-4-2;;;/h15-17,19,24,28H,3-14,18H2,1-2H3,(H,29,31)(H,32,33);;;/t24-;;;/m0.../s1. The van der Waals surface area contributed by atoms with E-state index in [2.05, 4.69) is 24.1 Å². The Hall–Kier alpha value is -1.37. The Morgan fingerprint density at radius 3 is 2.15 bits per heavy atom. The van der Waals surface area contributed by atoms with E-state index < -0.39 is 12.0 Å². The zero-order chi connectivity index (χ0) is 24.1. The van der Waals surface area contributed by atoms with Gasteiger partial charge in [0.15, 0.2) is 5.78 Å². The average Bonchev–Trinajstić information content (AvgIpc) is 3.20. The summed E-state index contributed by atoms with van der Waals surface area (Å²) in [5.41, 5.74) is 2.31. The van der Waals surface area contributed by atoms with Gasteiger partial charge in [-0.15, -0.1) is 0 Å². The van der Waals surface area contributed by atoms with Gasteiger partial charge in [-0.1, -0.05) is 77.3 Å². The van der Waals surface area contributed by atoms with Gasteiger partial charge in [0.05, 0.1) is 0 Å². The molecule has 0 fully saturated rings. The third-order valence-corrected chi connectivity index (χ3v) is 6.16. The molecule has 0 aliphatic rings. The van der Waals surface area contributed by atoms with Crippen molar-refractivity contribution in [1.82, 2.24) is 10.3 Å². The van der Waals surface area contributed by atoms with E-state index in [1.54, 1.807) is 6.20 Å². The molecule has 186 valence electrons. The molecule has 0 radical (unpaired) electrons. The number of rotatable bonds is 17. The molecule has 0 aliphatic carbocycles. The van der Waals surface area contributed by atoms with Gasteiger partial charge in [0, 0.05) is 41.9 Å². The van der Waals surface area contributed by atoms with E-state index in [9.17, 15) is 19.5 Å². The monoisotopic (exact) mass is 498 g/mol. The topological polar surface area (TPSA) is 99.3 Å². The van der Waals surface area contributed by atoms with E-state index in [4.69, 9.17) is 0 Å². The van der Waals surface area contributed by atoms with Crippen LogP contribution >= 0.6 is 0 Å². The number of aromatic nitrogens is 1. The second-order valence-corrected chi connectivity index (χ2v) is 8.99. The molecule has 2 aromatic rings. The fraction of sp³-hybridized carbons (Fsp3) is 0.593. The zero-order valence-corrected chi connectivity index (χ0v) is 20.3. The summed E-state index contributed by atoms with van der Waals surface area (Å²) in [6.07, 6.45) is 13.6. The Balaban J connectivity index is 0.00000578. The summed E-state index contributed by atoms with van der Waals surface area (Å²) >= 11 is 0. The van der Waals surface area contributed by atoms with E-state index in [1.165, 1.54) is 19.3 Å². The summed E-state index contributed by atoms with van der Waals surface area (Å²) < 4.78 is 0. The van der Waals surface area contributed by atoms with Gasteiger partial charge in [0.25, 0.3) is 0 Å². The molecule has 3 N–H and O–H groups in total. The molecule has 1 aromatic heterocycles. The van der Waals surface area contributed by atoms with Crippen LogP contribution in [0.25, 0.3) is 10.9 Å². The van der Waals surface area contributed by atoms with Crippen LogP contribution in [0.15, 0.2) is 24.4 Å². The number of unbranched alkanes of at least 4 members (excludes halogenated alkanes) is 8. The van der Waals surface area contributed by atoms with Gasteiger partial charge in [-0.25, -0.2) is 4.79 Å². The molecule has 0 aliphatic heterocycles. The van der Waals surface area contributed by atoms with Crippen LogP contribution in [-0.2, 0) is 16.0 Å². The number of hydrogen-bond acceptors (Lipinski definition) is 3. The minimum absolute atomic E-state index is 0. The predicted molar refractivity (Wildman–Crippen MR) is 141 cm³/mol. The Morgan fingerprint density at radius 2 is 1.53 bits per heavy atom. The van der Waals surface area contributed by atoms with Crippen LogP contribution < -0.4 is 5.32 Å². The summed E-state index contributed by atoms with van der Waals surface area (Å²) in [6.45, 7) is 4.32. The molecule has 0 unspecified atom stereocenters. The number of carbonyl (C=O) groups excluding carboxylic acids is 2. The number of Topliss-reactive ketones (excluding diaryl/α,β-unsaturated/α-hetero) is 1. The van der Waals surface area contributed by atoms with Gasteiger partial charge in [-0.2, -0.15) is 0 Å². The van der Waals surface area contributed by atoms with Crippen molar-refractivity contribution in [3.05, 3.63) is 35.5 Å². The SMILES string of the molecule is CCCCCCCC(=O)N[C@@H](Cc1c[nH]c2cc(C(=O)CCCCCCC)ccc12)C(=O)O.[CaH2]. The molecule has 0 saturated carbocycles.